The lowest BCUT2D eigenvalue weighted by molar-refractivity contribution is 0.0527. The number of ether oxygens (including phenoxy) is 2. The van der Waals surface area contributed by atoms with Crippen molar-refractivity contribution in [3.05, 3.63) is 42.5 Å². The molecule has 0 aliphatic rings. The van der Waals surface area contributed by atoms with Crippen LogP contribution in [0.2, 0.25) is 0 Å². The lowest BCUT2D eigenvalue weighted by Gasteiger charge is -2.19. The summed E-state index contributed by atoms with van der Waals surface area (Å²) < 4.78 is 12.2. The van der Waals surface area contributed by atoms with Crippen LogP contribution in [0.5, 0.6) is 5.75 Å². The van der Waals surface area contributed by atoms with Crippen LogP contribution >= 0.6 is 11.3 Å². The molecule has 2 N–H and O–H groups in total. The Morgan fingerprint density at radius 1 is 1.06 bits per heavy atom. The number of anilines is 1. The van der Waals surface area contributed by atoms with Crippen molar-refractivity contribution in [2.45, 2.75) is 45.6 Å². The maximum atomic E-state index is 11.6. The summed E-state index contributed by atoms with van der Waals surface area (Å²) in [5.41, 5.74) is 2.72. The topological polar surface area (TPSA) is 72.5 Å². The molecule has 1 amide bonds. The first-order valence-corrected chi connectivity index (χ1v) is 11.4. The molecule has 0 unspecified atom stereocenters. The Bertz CT molecular complexity index is 993. The van der Waals surface area contributed by atoms with E-state index in [-0.39, 0.29) is 6.09 Å². The van der Waals surface area contributed by atoms with E-state index in [1.54, 1.807) is 11.3 Å². The molecule has 0 bridgehead atoms. The molecule has 0 aliphatic heterocycles. The van der Waals surface area contributed by atoms with Crippen LogP contribution in [-0.4, -0.2) is 36.9 Å². The second-order valence-electron chi connectivity index (χ2n) is 8.31. The van der Waals surface area contributed by atoms with E-state index in [0.29, 0.717) is 13.2 Å². The summed E-state index contributed by atoms with van der Waals surface area (Å²) in [6.07, 6.45) is 2.44. The third-order valence-corrected chi connectivity index (χ3v) is 5.61. The van der Waals surface area contributed by atoms with Crippen molar-refractivity contribution in [3.63, 3.8) is 0 Å². The number of unbranched alkanes of at least 4 members (excludes halogenated alkanes) is 2. The highest BCUT2D eigenvalue weighted by molar-refractivity contribution is 7.21. The first kappa shape index (κ1) is 22.9. The number of benzene rings is 2. The number of aromatic nitrogens is 1. The molecule has 0 fully saturated rings. The SMILES string of the molecule is CNc1ccc(-c2nc3ccc(OCCCCCNC(=O)OC(C)(C)C)cc3s2)cc1. The number of hydrogen-bond acceptors (Lipinski definition) is 6. The van der Waals surface area contributed by atoms with Crippen molar-refractivity contribution in [2.24, 2.45) is 0 Å². The molecule has 0 saturated heterocycles. The average Bonchev–Trinajstić information content (AvgIpc) is 3.15. The fraction of sp³-hybridized carbons (Fsp3) is 0.417. The molecule has 0 radical (unpaired) electrons. The van der Waals surface area contributed by atoms with E-state index in [1.807, 2.05) is 40.0 Å². The Balaban J connectivity index is 1.42. The Kier molecular flexibility index (Phi) is 7.74. The number of rotatable bonds is 9. The summed E-state index contributed by atoms with van der Waals surface area (Å²) in [4.78, 5) is 16.3. The summed E-state index contributed by atoms with van der Waals surface area (Å²) in [6, 6.07) is 14.3. The van der Waals surface area contributed by atoms with Gasteiger partial charge >= 0.3 is 6.09 Å². The van der Waals surface area contributed by atoms with Gasteiger partial charge in [0.1, 0.15) is 16.4 Å². The van der Waals surface area contributed by atoms with Crippen molar-refractivity contribution >= 4 is 33.3 Å². The molecular weight excluding hydrogens is 410 g/mol. The molecule has 6 nitrogen and oxygen atoms in total. The number of amides is 1. The largest absolute Gasteiger partial charge is 0.494 e. The third-order valence-electron chi connectivity index (χ3n) is 4.54. The van der Waals surface area contributed by atoms with Crippen LogP contribution < -0.4 is 15.4 Å². The molecule has 31 heavy (non-hydrogen) atoms. The minimum absolute atomic E-state index is 0.362. The number of nitrogens with one attached hydrogen (secondary N) is 2. The number of carbonyl (C=O) groups excluding carboxylic acids is 1. The summed E-state index contributed by atoms with van der Waals surface area (Å²) in [5, 5.41) is 6.92. The van der Waals surface area contributed by atoms with Crippen LogP contribution in [0.3, 0.4) is 0 Å². The van der Waals surface area contributed by atoms with Gasteiger partial charge in [0, 0.05) is 24.8 Å². The zero-order valence-corrected chi connectivity index (χ0v) is 19.5. The van der Waals surface area contributed by atoms with Crippen LogP contribution in [0, 0.1) is 0 Å². The van der Waals surface area contributed by atoms with E-state index in [1.165, 1.54) is 0 Å². The van der Waals surface area contributed by atoms with Crippen molar-refractivity contribution in [2.75, 3.05) is 25.5 Å². The Hall–Kier alpha value is -2.80. The fourth-order valence-electron chi connectivity index (χ4n) is 3.00. The number of alkyl carbamates (subject to hydrolysis) is 1. The predicted octanol–water partition coefficient (Wildman–Crippen LogP) is 6.08. The van der Waals surface area contributed by atoms with Gasteiger partial charge in [-0.05, 0) is 82.5 Å². The van der Waals surface area contributed by atoms with Gasteiger partial charge in [0.2, 0.25) is 0 Å². The van der Waals surface area contributed by atoms with Gasteiger partial charge in [0.15, 0.2) is 0 Å². The quantitative estimate of drug-likeness (QED) is 0.394. The third kappa shape index (κ3) is 7.14. The number of hydrogen-bond donors (Lipinski definition) is 2. The molecule has 1 heterocycles. The monoisotopic (exact) mass is 441 g/mol. The van der Waals surface area contributed by atoms with Gasteiger partial charge in [-0.2, -0.15) is 0 Å². The van der Waals surface area contributed by atoms with Crippen LogP contribution in [0.15, 0.2) is 42.5 Å². The highest BCUT2D eigenvalue weighted by Crippen LogP contribution is 2.32. The zero-order chi connectivity index (χ0) is 22.3. The number of fused-ring (bicyclic) bond motifs is 1. The number of thiazole rings is 1. The Morgan fingerprint density at radius 2 is 1.84 bits per heavy atom. The van der Waals surface area contributed by atoms with E-state index in [2.05, 4.69) is 41.0 Å². The number of nitrogens with zero attached hydrogens (tertiary/aromatic N) is 1. The summed E-state index contributed by atoms with van der Waals surface area (Å²) in [6.45, 7) is 6.83. The molecule has 0 spiro atoms. The molecule has 0 atom stereocenters. The van der Waals surface area contributed by atoms with Crippen molar-refractivity contribution < 1.29 is 14.3 Å². The van der Waals surface area contributed by atoms with Crippen molar-refractivity contribution in [1.29, 1.82) is 0 Å². The fourth-order valence-corrected chi connectivity index (χ4v) is 4.00. The standard InChI is InChI=1S/C24H31N3O3S/c1-24(2,3)30-23(28)26-14-6-5-7-15-29-19-12-13-20-21(16-19)31-22(27-20)17-8-10-18(25-4)11-9-17/h8-13,16,25H,5-7,14-15H2,1-4H3,(H,26,28). The van der Waals surface area contributed by atoms with Gasteiger partial charge in [-0.25, -0.2) is 9.78 Å². The van der Waals surface area contributed by atoms with Crippen molar-refractivity contribution in [3.8, 4) is 16.3 Å². The molecule has 0 aliphatic carbocycles. The van der Waals surface area contributed by atoms with Crippen LogP contribution in [0.1, 0.15) is 40.0 Å². The highest BCUT2D eigenvalue weighted by atomic mass is 32.1. The highest BCUT2D eigenvalue weighted by Gasteiger charge is 2.15. The molecular formula is C24H31N3O3S. The minimum atomic E-state index is -0.463. The van der Waals surface area contributed by atoms with Gasteiger partial charge in [-0.1, -0.05) is 0 Å². The predicted molar refractivity (Wildman–Crippen MR) is 128 cm³/mol. The van der Waals surface area contributed by atoms with Crippen LogP contribution in [-0.2, 0) is 4.74 Å². The molecule has 166 valence electrons. The van der Waals surface area contributed by atoms with Gasteiger partial charge < -0.3 is 20.1 Å². The average molecular weight is 442 g/mol. The maximum Gasteiger partial charge on any atom is 0.407 e. The second-order valence-corrected chi connectivity index (χ2v) is 9.34. The zero-order valence-electron chi connectivity index (χ0n) is 18.7. The molecule has 7 heteroatoms. The Labute approximate surface area is 188 Å². The normalized spacial score (nSPS) is 11.4. The smallest absolute Gasteiger partial charge is 0.407 e. The first-order chi connectivity index (χ1) is 14.8. The maximum absolute atomic E-state index is 11.6. The molecule has 1 aromatic heterocycles. The first-order valence-electron chi connectivity index (χ1n) is 10.6. The summed E-state index contributed by atoms with van der Waals surface area (Å²) >= 11 is 1.67. The summed E-state index contributed by atoms with van der Waals surface area (Å²) in [5.74, 6) is 0.861. The molecule has 3 rings (SSSR count). The van der Waals surface area contributed by atoms with Gasteiger partial charge in [0.05, 0.1) is 16.8 Å². The minimum Gasteiger partial charge on any atom is -0.494 e. The van der Waals surface area contributed by atoms with E-state index < -0.39 is 5.60 Å². The van der Waals surface area contributed by atoms with Gasteiger partial charge in [0.25, 0.3) is 0 Å². The van der Waals surface area contributed by atoms with E-state index in [0.717, 1.165) is 51.5 Å². The molecule has 0 saturated carbocycles. The summed E-state index contributed by atoms with van der Waals surface area (Å²) in [7, 11) is 1.91. The van der Waals surface area contributed by atoms with Gasteiger partial charge in [-0.3, -0.25) is 0 Å². The van der Waals surface area contributed by atoms with Crippen molar-refractivity contribution in [1.82, 2.24) is 10.3 Å². The van der Waals surface area contributed by atoms with E-state index in [4.69, 9.17) is 14.5 Å². The van der Waals surface area contributed by atoms with E-state index >= 15 is 0 Å². The lowest BCUT2D eigenvalue weighted by atomic mass is 10.2. The lowest BCUT2D eigenvalue weighted by Crippen LogP contribution is -2.33. The molecule has 2 aromatic carbocycles. The number of carbonyl (C=O) groups is 1. The van der Waals surface area contributed by atoms with Crippen LogP contribution in [0.25, 0.3) is 20.8 Å². The van der Waals surface area contributed by atoms with E-state index in [9.17, 15) is 4.79 Å². The Morgan fingerprint density at radius 3 is 2.55 bits per heavy atom. The van der Waals surface area contributed by atoms with Crippen LogP contribution in [0.4, 0.5) is 10.5 Å². The molecule has 3 aromatic rings. The second kappa shape index (κ2) is 10.5. The van der Waals surface area contributed by atoms with Gasteiger partial charge in [-0.15, -0.1) is 11.3 Å².